The smallest absolute Gasteiger partial charge is 0.338 e. The second-order valence-electron chi connectivity index (χ2n) is 5.35. The van der Waals surface area contributed by atoms with E-state index in [9.17, 15) is 9.59 Å². The molecule has 0 amide bonds. The van der Waals surface area contributed by atoms with E-state index in [-0.39, 0.29) is 24.3 Å². The average molecular weight is 342 g/mol. The Morgan fingerprint density at radius 1 is 1.13 bits per heavy atom. The molecule has 1 saturated heterocycles. The van der Waals surface area contributed by atoms with Crippen LogP contribution in [0.25, 0.3) is 0 Å². The fourth-order valence-corrected chi connectivity index (χ4v) is 2.89. The average Bonchev–Trinajstić information content (AvgIpc) is 2.56. The van der Waals surface area contributed by atoms with E-state index in [2.05, 4.69) is 5.32 Å². The molecule has 2 rings (SSSR count). The number of carbonyl (C=O) groups excluding carboxylic acids is 2. The molecule has 1 fully saturated rings. The van der Waals surface area contributed by atoms with Gasteiger partial charge in [-0.2, -0.15) is 0 Å². The first-order valence-corrected chi connectivity index (χ1v) is 7.79. The van der Waals surface area contributed by atoms with E-state index in [1.807, 2.05) is 13.0 Å². The summed E-state index contributed by atoms with van der Waals surface area (Å²) in [5.74, 6) is -0.574. The summed E-state index contributed by atoms with van der Waals surface area (Å²) >= 11 is 0. The Kier molecular flexibility index (Phi) is 7.52. The lowest BCUT2D eigenvalue weighted by Crippen LogP contribution is -2.46. The Balaban J connectivity index is 0.00000264. The lowest BCUT2D eigenvalue weighted by molar-refractivity contribution is -0.151. The summed E-state index contributed by atoms with van der Waals surface area (Å²) in [5, 5.41) is 3.26. The van der Waals surface area contributed by atoms with Crippen LogP contribution in [0, 0.1) is 0 Å². The number of halogens is 1. The lowest BCUT2D eigenvalue weighted by atomic mass is 9.73. The van der Waals surface area contributed by atoms with Crippen molar-refractivity contribution in [2.45, 2.75) is 32.1 Å². The van der Waals surface area contributed by atoms with Crippen molar-refractivity contribution in [3.8, 4) is 0 Å². The van der Waals surface area contributed by atoms with Gasteiger partial charge in [0.15, 0.2) is 0 Å². The molecule has 1 aliphatic rings. The summed E-state index contributed by atoms with van der Waals surface area (Å²) in [6, 6.07) is 7.16. The largest absolute Gasteiger partial charge is 0.465 e. The number of nitrogens with one attached hydrogen (secondary N) is 1. The maximum Gasteiger partial charge on any atom is 0.338 e. The van der Waals surface area contributed by atoms with Gasteiger partial charge in [-0.1, -0.05) is 12.1 Å². The predicted octanol–water partition coefficient (Wildman–Crippen LogP) is 2.47. The predicted molar refractivity (Wildman–Crippen MR) is 90.1 cm³/mol. The third-order valence-electron chi connectivity index (χ3n) is 4.05. The summed E-state index contributed by atoms with van der Waals surface area (Å²) in [4.78, 5) is 24.5. The highest BCUT2D eigenvalue weighted by atomic mass is 35.5. The molecule has 1 aromatic carbocycles. The van der Waals surface area contributed by atoms with Gasteiger partial charge in [-0.3, -0.25) is 4.79 Å². The third kappa shape index (κ3) is 4.24. The second kappa shape index (κ2) is 8.89. The Hall–Kier alpha value is -1.59. The molecule has 1 aliphatic heterocycles. The zero-order chi connectivity index (χ0) is 16.0. The van der Waals surface area contributed by atoms with Crippen LogP contribution in [0.2, 0.25) is 0 Å². The number of piperidine rings is 1. The first kappa shape index (κ1) is 19.5. The number of rotatable bonds is 5. The van der Waals surface area contributed by atoms with Crippen molar-refractivity contribution in [3.05, 3.63) is 35.4 Å². The minimum absolute atomic E-state index is 0. The summed E-state index contributed by atoms with van der Waals surface area (Å²) in [7, 11) is 0. The topological polar surface area (TPSA) is 64.6 Å². The molecule has 23 heavy (non-hydrogen) atoms. The molecule has 0 aromatic heterocycles. The van der Waals surface area contributed by atoms with Gasteiger partial charge in [-0.25, -0.2) is 4.79 Å². The Morgan fingerprint density at radius 3 is 2.39 bits per heavy atom. The number of hydrogen-bond donors (Lipinski definition) is 1. The van der Waals surface area contributed by atoms with Crippen molar-refractivity contribution in [2.24, 2.45) is 0 Å². The van der Waals surface area contributed by atoms with Crippen LogP contribution in [0.4, 0.5) is 0 Å². The third-order valence-corrected chi connectivity index (χ3v) is 4.05. The SMILES string of the molecule is CCOC(=O)c1cccc(C2(C(=O)OCC)CCNCC2)c1.Cl. The molecule has 0 saturated carbocycles. The monoisotopic (exact) mass is 341 g/mol. The highest BCUT2D eigenvalue weighted by Gasteiger charge is 2.42. The maximum absolute atomic E-state index is 12.6. The van der Waals surface area contributed by atoms with Crippen molar-refractivity contribution in [2.75, 3.05) is 26.3 Å². The molecule has 128 valence electrons. The van der Waals surface area contributed by atoms with E-state index in [4.69, 9.17) is 9.47 Å². The molecule has 5 nitrogen and oxygen atoms in total. The number of ether oxygens (including phenoxy) is 2. The molecule has 0 radical (unpaired) electrons. The molecule has 0 aliphatic carbocycles. The first-order valence-electron chi connectivity index (χ1n) is 7.79. The van der Waals surface area contributed by atoms with Crippen LogP contribution in [-0.2, 0) is 19.7 Å². The Bertz CT molecular complexity index is 541. The lowest BCUT2D eigenvalue weighted by Gasteiger charge is -2.35. The normalized spacial score (nSPS) is 16.1. The van der Waals surface area contributed by atoms with E-state index < -0.39 is 5.41 Å². The van der Waals surface area contributed by atoms with Gasteiger partial charge in [0.05, 0.1) is 24.2 Å². The van der Waals surface area contributed by atoms with E-state index in [1.165, 1.54) is 0 Å². The van der Waals surface area contributed by atoms with Gasteiger partial charge in [-0.15, -0.1) is 12.4 Å². The zero-order valence-electron chi connectivity index (χ0n) is 13.6. The van der Waals surface area contributed by atoms with Crippen LogP contribution in [0.3, 0.4) is 0 Å². The zero-order valence-corrected chi connectivity index (χ0v) is 14.4. The number of carbonyl (C=O) groups is 2. The van der Waals surface area contributed by atoms with Crippen molar-refractivity contribution in [1.82, 2.24) is 5.32 Å². The van der Waals surface area contributed by atoms with Gasteiger partial charge in [0.25, 0.3) is 0 Å². The summed E-state index contributed by atoms with van der Waals surface area (Å²) in [6.45, 7) is 5.77. The van der Waals surface area contributed by atoms with Crippen molar-refractivity contribution in [1.29, 1.82) is 0 Å². The van der Waals surface area contributed by atoms with Crippen LogP contribution < -0.4 is 5.32 Å². The molecule has 0 bridgehead atoms. The first-order chi connectivity index (χ1) is 10.6. The fourth-order valence-electron chi connectivity index (χ4n) is 2.89. The number of hydrogen-bond acceptors (Lipinski definition) is 5. The summed E-state index contributed by atoms with van der Waals surface area (Å²) in [5.41, 5.74) is 0.628. The van der Waals surface area contributed by atoms with Gasteiger partial charge in [0, 0.05) is 0 Å². The van der Waals surface area contributed by atoms with E-state index in [0.29, 0.717) is 31.6 Å². The molecule has 0 atom stereocenters. The summed E-state index contributed by atoms with van der Waals surface area (Å²) in [6.07, 6.45) is 1.33. The molecular formula is C17H24ClNO4. The van der Waals surface area contributed by atoms with E-state index >= 15 is 0 Å². The molecule has 1 N–H and O–H groups in total. The van der Waals surface area contributed by atoms with Crippen molar-refractivity contribution < 1.29 is 19.1 Å². The molecule has 0 spiro atoms. The standard InChI is InChI=1S/C17H23NO4.ClH/c1-3-21-15(19)13-6-5-7-14(12-13)17(16(20)22-4-2)8-10-18-11-9-17;/h5-7,12,18H,3-4,8-11H2,1-2H3;1H. The summed E-state index contributed by atoms with van der Waals surface area (Å²) < 4.78 is 10.3. The van der Waals surface area contributed by atoms with Crippen LogP contribution in [0.15, 0.2) is 24.3 Å². The Morgan fingerprint density at radius 2 is 1.78 bits per heavy atom. The second-order valence-corrected chi connectivity index (χ2v) is 5.35. The van der Waals surface area contributed by atoms with Gasteiger partial charge >= 0.3 is 11.9 Å². The van der Waals surface area contributed by atoms with Crippen molar-refractivity contribution in [3.63, 3.8) is 0 Å². The van der Waals surface area contributed by atoms with Gasteiger partial charge in [-0.05, 0) is 57.5 Å². The van der Waals surface area contributed by atoms with Crippen LogP contribution in [0.1, 0.15) is 42.6 Å². The molecule has 6 heteroatoms. The molecule has 1 aromatic rings. The quantitative estimate of drug-likeness (QED) is 0.833. The van der Waals surface area contributed by atoms with E-state index in [0.717, 1.165) is 18.7 Å². The van der Waals surface area contributed by atoms with E-state index in [1.54, 1.807) is 25.1 Å². The minimum Gasteiger partial charge on any atom is -0.465 e. The molecule has 0 unspecified atom stereocenters. The van der Waals surface area contributed by atoms with Crippen molar-refractivity contribution >= 4 is 24.3 Å². The highest BCUT2D eigenvalue weighted by Crippen LogP contribution is 2.35. The van der Waals surface area contributed by atoms with Gasteiger partial charge < -0.3 is 14.8 Å². The maximum atomic E-state index is 12.6. The van der Waals surface area contributed by atoms with Crippen LogP contribution in [-0.4, -0.2) is 38.2 Å². The number of esters is 2. The van der Waals surface area contributed by atoms with Crippen LogP contribution >= 0.6 is 12.4 Å². The fraction of sp³-hybridized carbons (Fsp3) is 0.529. The molecular weight excluding hydrogens is 318 g/mol. The van der Waals surface area contributed by atoms with Crippen LogP contribution in [0.5, 0.6) is 0 Å². The Labute approximate surface area is 143 Å². The minimum atomic E-state index is -0.677. The number of benzene rings is 1. The van der Waals surface area contributed by atoms with Gasteiger partial charge in [0.1, 0.15) is 0 Å². The highest BCUT2D eigenvalue weighted by molar-refractivity contribution is 5.91. The molecule has 1 heterocycles. The van der Waals surface area contributed by atoms with Gasteiger partial charge in [0.2, 0.25) is 0 Å².